The molecule has 1 heterocycles. The minimum absolute atomic E-state index is 0.448. The van der Waals surface area contributed by atoms with Crippen LogP contribution in [0, 0.1) is 18.8 Å². The Hall–Kier alpha value is -3.36. The number of nitrogens with zero attached hydrogens (tertiary/aromatic N) is 2. The van der Waals surface area contributed by atoms with Gasteiger partial charge in [0.25, 0.3) is 5.91 Å². The summed E-state index contributed by atoms with van der Waals surface area (Å²) in [5, 5.41) is 4.40. The third-order valence-corrected chi connectivity index (χ3v) is 4.86. The summed E-state index contributed by atoms with van der Waals surface area (Å²) in [5.41, 5.74) is 10.8. The van der Waals surface area contributed by atoms with Crippen LogP contribution >= 0.6 is 0 Å². The first-order valence-corrected chi connectivity index (χ1v) is 9.35. The molecule has 1 amide bonds. The first-order chi connectivity index (χ1) is 13.7. The Bertz CT molecular complexity index is 1110. The van der Waals surface area contributed by atoms with E-state index in [1.165, 1.54) is 0 Å². The van der Waals surface area contributed by atoms with Crippen LogP contribution in [0.25, 0.3) is 22.4 Å². The van der Waals surface area contributed by atoms with E-state index in [4.69, 9.17) is 10.5 Å². The van der Waals surface area contributed by atoms with Gasteiger partial charge in [0.2, 0.25) is 0 Å². The van der Waals surface area contributed by atoms with Gasteiger partial charge in [-0.2, -0.15) is 5.10 Å². The first kappa shape index (κ1) is 20.4. The Morgan fingerprint density at radius 2 is 1.72 bits per heavy atom. The fourth-order valence-electron chi connectivity index (χ4n) is 3.21. The van der Waals surface area contributed by atoms with Crippen molar-refractivity contribution in [2.75, 3.05) is 7.11 Å². The minimum atomic E-state index is -0.492. The van der Waals surface area contributed by atoms with E-state index in [1.54, 1.807) is 18.7 Å². The summed E-state index contributed by atoms with van der Waals surface area (Å²) in [5.74, 6) is 5.78. The number of primary amides is 1. The lowest BCUT2D eigenvalue weighted by Crippen LogP contribution is -2.19. The zero-order valence-corrected chi connectivity index (χ0v) is 17.4. The number of aryl methyl sites for hydroxylation is 2. The molecule has 2 N–H and O–H groups in total. The maximum atomic E-state index is 12.0. The van der Waals surface area contributed by atoms with E-state index >= 15 is 0 Å². The number of carbonyl (C=O) groups excluding carboxylic acids is 1. The highest BCUT2D eigenvalue weighted by atomic mass is 16.5. The van der Waals surface area contributed by atoms with E-state index in [0.717, 1.165) is 27.9 Å². The fourth-order valence-corrected chi connectivity index (χ4v) is 3.21. The van der Waals surface area contributed by atoms with Crippen LogP contribution in [0.2, 0.25) is 0 Å². The number of hydrogen-bond acceptors (Lipinski definition) is 3. The van der Waals surface area contributed by atoms with Crippen molar-refractivity contribution in [1.82, 2.24) is 9.78 Å². The van der Waals surface area contributed by atoms with Crippen LogP contribution in [0.15, 0.2) is 48.5 Å². The lowest BCUT2D eigenvalue weighted by atomic mass is 9.94. The number of amides is 1. The van der Waals surface area contributed by atoms with Gasteiger partial charge in [-0.05, 0) is 44.0 Å². The van der Waals surface area contributed by atoms with Crippen molar-refractivity contribution in [2.45, 2.75) is 26.4 Å². The molecule has 0 aliphatic heterocycles. The average Bonchev–Trinajstić information content (AvgIpc) is 3.01. The smallest absolute Gasteiger partial charge is 0.252 e. The van der Waals surface area contributed by atoms with E-state index in [-0.39, 0.29) is 0 Å². The molecule has 5 heteroatoms. The minimum Gasteiger partial charge on any atom is -0.366 e. The monoisotopic (exact) mass is 387 g/mol. The molecule has 3 aromatic rings. The number of hydrogen-bond donors (Lipinski definition) is 1. The summed E-state index contributed by atoms with van der Waals surface area (Å²) < 4.78 is 7.05. The molecule has 5 nitrogen and oxygen atoms in total. The Morgan fingerprint density at radius 3 is 2.31 bits per heavy atom. The maximum absolute atomic E-state index is 12.0. The topological polar surface area (TPSA) is 70.1 Å². The molecule has 3 rings (SSSR count). The van der Waals surface area contributed by atoms with Gasteiger partial charge in [-0.1, -0.05) is 48.2 Å². The van der Waals surface area contributed by atoms with Crippen LogP contribution in [-0.2, 0) is 11.8 Å². The van der Waals surface area contributed by atoms with Crippen LogP contribution in [0.5, 0.6) is 0 Å². The maximum Gasteiger partial charge on any atom is 0.252 e. The molecule has 1 aromatic heterocycles. The van der Waals surface area contributed by atoms with Gasteiger partial charge in [0, 0.05) is 25.3 Å². The highest BCUT2D eigenvalue weighted by Crippen LogP contribution is 2.34. The Labute approximate surface area is 171 Å². The normalized spacial score (nSPS) is 11.1. The van der Waals surface area contributed by atoms with Crippen molar-refractivity contribution < 1.29 is 9.53 Å². The van der Waals surface area contributed by atoms with Crippen LogP contribution in [-0.4, -0.2) is 28.4 Å². The number of benzene rings is 2. The van der Waals surface area contributed by atoms with Crippen molar-refractivity contribution >= 4 is 5.91 Å². The number of rotatable bonds is 4. The fraction of sp³-hybridized carbons (Fsp3) is 0.250. The summed E-state index contributed by atoms with van der Waals surface area (Å²) in [6.45, 7) is 5.65. The zero-order valence-electron chi connectivity index (χ0n) is 17.4. The summed E-state index contributed by atoms with van der Waals surface area (Å²) >= 11 is 0. The van der Waals surface area contributed by atoms with Crippen molar-refractivity contribution in [2.24, 2.45) is 12.8 Å². The van der Waals surface area contributed by atoms with Crippen LogP contribution in [0.4, 0.5) is 0 Å². The summed E-state index contributed by atoms with van der Waals surface area (Å²) in [7, 11) is 3.47. The standard InChI is InChI=1S/C24H25N3O2/c1-16-21(23(25)28)22(27(4)26-16)20-9-7-6-8-19(20)18-12-10-17(11-13-18)14-15-24(2,3)29-5/h6-13H,1-5H3,(H2,25,28). The van der Waals surface area contributed by atoms with Gasteiger partial charge >= 0.3 is 0 Å². The lowest BCUT2D eigenvalue weighted by Gasteiger charge is -2.14. The number of ether oxygens (including phenoxy) is 1. The number of carbonyl (C=O) groups is 1. The molecule has 0 fully saturated rings. The van der Waals surface area contributed by atoms with Gasteiger partial charge in [-0.3, -0.25) is 9.48 Å². The number of nitrogens with two attached hydrogens (primary N) is 1. The molecule has 148 valence electrons. The molecule has 0 aliphatic carbocycles. The predicted octanol–water partition coefficient (Wildman–Crippen LogP) is 3.94. The molecule has 0 saturated heterocycles. The molecule has 2 aromatic carbocycles. The number of aromatic nitrogens is 2. The molecule has 0 radical (unpaired) electrons. The van der Waals surface area contributed by atoms with Gasteiger partial charge in [0.1, 0.15) is 5.60 Å². The third-order valence-electron chi connectivity index (χ3n) is 4.86. The molecule has 29 heavy (non-hydrogen) atoms. The highest BCUT2D eigenvalue weighted by Gasteiger charge is 2.21. The summed E-state index contributed by atoms with van der Waals surface area (Å²) in [6.07, 6.45) is 0. The highest BCUT2D eigenvalue weighted by molar-refractivity contribution is 6.02. The van der Waals surface area contributed by atoms with E-state index in [2.05, 4.69) is 16.9 Å². The van der Waals surface area contributed by atoms with E-state index in [1.807, 2.05) is 69.4 Å². The SMILES string of the molecule is COC(C)(C)C#Cc1ccc(-c2ccccc2-c2c(C(N)=O)c(C)nn2C)cc1. The molecule has 0 aliphatic rings. The first-order valence-electron chi connectivity index (χ1n) is 9.35. The van der Waals surface area contributed by atoms with Gasteiger partial charge in [-0.15, -0.1) is 0 Å². The van der Waals surface area contributed by atoms with Crippen LogP contribution in [0.3, 0.4) is 0 Å². The third kappa shape index (κ3) is 4.23. The van der Waals surface area contributed by atoms with E-state index in [0.29, 0.717) is 11.3 Å². The molecule has 0 unspecified atom stereocenters. The van der Waals surface area contributed by atoms with E-state index < -0.39 is 11.5 Å². The van der Waals surface area contributed by atoms with Crippen molar-refractivity contribution in [3.05, 3.63) is 65.4 Å². The van der Waals surface area contributed by atoms with E-state index in [9.17, 15) is 4.79 Å². The number of methoxy groups -OCH3 is 1. The predicted molar refractivity (Wildman–Crippen MR) is 115 cm³/mol. The van der Waals surface area contributed by atoms with Crippen molar-refractivity contribution in [3.8, 4) is 34.2 Å². The largest absolute Gasteiger partial charge is 0.366 e. The Kier molecular flexibility index (Phi) is 5.58. The molecular formula is C24H25N3O2. The Balaban J connectivity index is 2.07. The molecule has 0 spiro atoms. The van der Waals surface area contributed by atoms with Gasteiger partial charge in [0.05, 0.1) is 17.0 Å². The van der Waals surface area contributed by atoms with Gasteiger partial charge in [-0.25, -0.2) is 0 Å². The second-order valence-corrected chi connectivity index (χ2v) is 7.38. The van der Waals surface area contributed by atoms with Crippen LogP contribution in [0.1, 0.15) is 35.5 Å². The molecular weight excluding hydrogens is 362 g/mol. The Morgan fingerprint density at radius 1 is 1.10 bits per heavy atom. The average molecular weight is 387 g/mol. The lowest BCUT2D eigenvalue weighted by molar-refractivity contribution is 0.0741. The van der Waals surface area contributed by atoms with Crippen molar-refractivity contribution in [3.63, 3.8) is 0 Å². The molecule has 0 atom stereocenters. The molecule has 0 saturated carbocycles. The zero-order chi connectivity index (χ0) is 21.2. The quantitative estimate of drug-likeness (QED) is 0.690. The van der Waals surface area contributed by atoms with Crippen LogP contribution < -0.4 is 5.73 Å². The second kappa shape index (κ2) is 7.94. The molecule has 0 bridgehead atoms. The summed E-state index contributed by atoms with van der Waals surface area (Å²) in [4.78, 5) is 12.0. The van der Waals surface area contributed by atoms with Gasteiger partial charge < -0.3 is 10.5 Å². The van der Waals surface area contributed by atoms with Crippen molar-refractivity contribution in [1.29, 1.82) is 0 Å². The summed E-state index contributed by atoms with van der Waals surface area (Å²) in [6, 6.07) is 15.9. The van der Waals surface area contributed by atoms with Gasteiger partial charge in [0.15, 0.2) is 0 Å². The second-order valence-electron chi connectivity index (χ2n) is 7.38.